The van der Waals surface area contributed by atoms with Gasteiger partial charge in [0.25, 0.3) is 0 Å². The molecule has 13 nitrogen and oxygen atoms in total. The van der Waals surface area contributed by atoms with E-state index in [0.717, 1.165) is 85.6 Å². The SMILES string of the molecule is CC(C)[C@@H](CCCCC/C=C/CCCCCC(=O)N[C@@H](C)C(=O)OCc1ccccc1)O[C@@H]1O[C@H](COC(=O)CCC(=O)OCc2ccccc2)[C@@H](OCc2ccccc2)[C@H](OCc2ccccc2)[C@H]1OCc1ccccc1. The molecule has 0 aromatic heterocycles. The van der Waals surface area contributed by atoms with Crippen molar-refractivity contribution in [2.45, 2.75) is 174 Å². The number of ether oxygens (including phenoxy) is 8. The van der Waals surface area contributed by atoms with Gasteiger partial charge in [-0.1, -0.05) is 197 Å². The fraction of sp³-hybridized carbons (Fsp3) is 0.446. The molecule has 1 heterocycles. The van der Waals surface area contributed by atoms with Crippen LogP contribution >= 0.6 is 0 Å². The summed E-state index contributed by atoms with van der Waals surface area (Å²) in [5.74, 6) is -1.53. The van der Waals surface area contributed by atoms with Crippen LogP contribution in [-0.2, 0) is 90.1 Å². The Hall–Kier alpha value is -6.48. The van der Waals surface area contributed by atoms with Gasteiger partial charge in [0.05, 0.1) is 38.8 Å². The largest absolute Gasteiger partial charge is 0.463 e. The smallest absolute Gasteiger partial charge is 0.328 e. The van der Waals surface area contributed by atoms with Crippen LogP contribution in [0.3, 0.4) is 0 Å². The highest BCUT2D eigenvalue weighted by Gasteiger charge is 2.50. The zero-order chi connectivity index (χ0) is 55.0. The third kappa shape index (κ3) is 22.8. The molecule has 418 valence electrons. The van der Waals surface area contributed by atoms with Crippen LogP contribution in [0.15, 0.2) is 164 Å². The maximum absolute atomic E-state index is 13.4. The maximum Gasteiger partial charge on any atom is 0.328 e. The van der Waals surface area contributed by atoms with Crippen molar-refractivity contribution < 1.29 is 57.1 Å². The van der Waals surface area contributed by atoms with Crippen LogP contribution in [0.2, 0.25) is 0 Å². The molecule has 1 amide bonds. The second-order valence-electron chi connectivity index (χ2n) is 20.2. The monoisotopic (exact) mass is 1070 g/mol. The third-order valence-corrected chi connectivity index (χ3v) is 13.4. The van der Waals surface area contributed by atoms with Crippen molar-refractivity contribution in [1.82, 2.24) is 5.32 Å². The molecule has 0 aliphatic carbocycles. The first-order chi connectivity index (χ1) is 38.1. The van der Waals surface area contributed by atoms with E-state index in [1.165, 1.54) is 0 Å². The predicted octanol–water partition coefficient (Wildman–Crippen LogP) is 12.3. The van der Waals surface area contributed by atoms with Gasteiger partial charge in [-0.05, 0) is 79.2 Å². The number of carbonyl (C=O) groups excluding carboxylic acids is 4. The Balaban J connectivity index is 1.04. The molecule has 1 aliphatic heterocycles. The zero-order valence-corrected chi connectivity index (χ0v) is 45.8. The van der Waals surface area contributed by atoms with Crippen molar-refractivity contribution in [2.24, 2.45) is 5.92 Å². The van der Waals surface area contributed by atoms with Crippen LogP contribution in [0.5, 0.6) is 0 Å². The van der Waals surface area contributed by atoms with Crippen molar-refractivity contribution in [1.29, 1.82) is 0 Å². The average Bonchev–Trinajstić information content (AvgIpc) is 3.49. The first kappa shape index (κ1) is 60.7. The van der Waals surface area contributed by atoms with Crippen LogP contribution in [0, 0.1) is 5.92 Å². The van der Waals surface area contributed by atoms with Gasteiger partial charge in [0.1, 0.15) is 50.3 Å². The molecule has 1 fully saturated rings. The van der Waals surface area contributed by atoms with Gasteiger partial charge >= 0.3 is 17.9 Å². The van der Waals surface area contributed by atoms with Crippen molar-refractivity contribution in [3.63, 3.8) is 0 Å². The number of nitrogens with one attached hydrogen (secondary N) is 1. The number of carbonyl (C=O) groups is 4. The highest BCUT2D eigenvalue weighted by molar-refractivity contribution is 5.84. The molecular formula is C65H81NO12. The molecule has 1 aliphatic rings. The molecule has 0 bridgehead atoms. The summed E-state index contributed by atoms with van der Waals surface area (Å²) < 4.78 is 51.1. The molecule has 0 spiro atoms. The molecule has 6 rings (SSSR count). The Labute approximate surface area is 462 Å². The molecule has 1 N–H and O–H groups in total. The normalized spacial score (nSPS) is 18.0. The Bertz CT molecular complexity index is 2480. The summed E-state index contributed by atoms with van der Waals surface area (Å²) in [4.78, 5) is 50.9. The van der Waals surface area contributed by atoms with Crippen LogP contribution in [0.4, 0.5) is 0 Å². The van der Waals surface area contributed by atoms with Crippen molar-refractivity contribution in [3.05, 3.63) is 192 Å². The molecular weight excluding hydrogens is 987 g/mol. The van der Waals surface area contributed by atoms with E-state index in [2.05, 4.69) is 31.3 Å². The fourth-order valence-corrected chi connectivity index (χ4v) is 8.95. The second kappa shape index (κ2) is 35.1. The summed E-state index contributed by atoms with van der Waals surface area (Å²) >= 11 is 0. The summed E-state index contributed by atoms with van der Waals surface area (Å²) in [6, 6.07) is 47.8. The summed E-state index contributed by atoms with van der Waals surface area (Å²) in [6.45, 7) is 6.80. The molecule has 7 atom stereocenters. The van der Waals surface area contributed by atoms with Gasteiger partial charge in [0.2, 0.25) is 5.91 Å². The molecule has 5 aromatic carbocycles. The first-order valence-electron chi connectivity index (χ1n) is 27.9. The molecule has 0 saturated carbocycles. The van der Waals surface area contributed by atoms with Gasteiger partial charge in [-0.25, -0.2) is 4.79 Å². The molecule has 0 unspecified atom stereocenters. The van der Waals surface area contributed by atoms with Crippen LogP contribution in [-0.4, -0.2) is 73.3 Å². The lowest BCUT2D eigenvalue weighted by Gasteiger charge is -2.46. The molecule has 0 radical (unpaired) electrons. The lowest BCUT2D eigenvalue weighted by Crippen LogP contribution is -2.62. The Kier molecular flexibility index (Phi) is 27.3. The number of unbranched alkanes of at least 4 members (excludes halogenated alkanes) is 6. The van der Waals surface area contributed by atoms with E-state index in [1.807, 2.05) is 152 Å². The van der Waals surface area contributed by atoms with Gasteiger partial charge in [0, 0.05) is 6.42 Å². The maximum atomic E-state index is 13.4. The van der Waals surface area contributed by atoms with Crippen molar-refractivity contribution in [3.8, 4) is 0 Å². The highest BCUT2D eigenvalue weighted by atomic mass is 16.7. The number of allylic oxidation sites excluding steroid dienone is 2. The zero-order valence-electron chi connectivity index (χ0n) is 45.8. The highest BCUT2D eigenvalue weighted by Crippen LogP contribution is 2.34. The van der Waals surface area contributed by atoms with E-state index >= 15 is 0 Å². The Morgan fingerprint density at radius 1 is 0.487 bits per heavy atom. The summed E-state index contributed by atoms with van der Waals surface area (Å²) in [6.07, 6.45) is 8.67. The number of hydrogen-bond acceptors (Lipinski definition) is 12. The average molecular weight is 1070 g/mol. The van der Waals surface area contributed by atoms with E-state index in [9.17, 15) is 19.2 Å². The summed E-state index contributed by atoms with van der Waals surface area (Å²) in [7, 11) is 0. The Morgan fingerprint density at radius 2 is 0.923 bits per heavy atom. The van der Waals surface area contributed by atoms with E-state index < -0.39 is 54.7 Å². The van der Waals surface area contributed by atoms with Crippen LogP contribution in [0.1, 0.15) is 126 Å². The number of benzene rings is 5. The predicted molar refractivity (Wildman–Crippen MR) is 299 cm³/mol. The van der Waals surface area contributed by atoms with E-state index in [4.69, 9.17) is 37.9 Å². The molecule has 78 heavy (non-hydrogen) atoms. The van der Waals surface area contributed by atoms with E-state index in [1.54, 1.807) is 6.92 Å². The third-order valence-electron chi connectivity index (χ3n) is 13.4. The topological polar surface area (TPSA) is 154 Å². The quantitative estimate of drug-likeness (QED) is 0.0178. The Morgan fingerprint density at radius 3 is 1.42 bits per heavy atom. The van der Waals surface area contributed by atoms with E-state index in [0.29, 0.717) is 6.42 Å². The van der Waals surface area contributed by atoms with Gasteiger partial charge < -0.3 is 43.2 Å². The van der Waals surface area contributed by atoms with Crippen molar-refractivity contribution >= 4 is 23.8 Å². The van der Waals surface area contributed by atoms with Crippen molar-refractivity contribution in [2.75, 3.05) is 6.61 Å². The lowest BCUT2D eigenvalue weighted by molar-refractivity contribution is -0.337. The summed E-state index contributed by atoms with van der Waals surface area (Å²) in [5, 5.41) is 2.76. The van der Waals surface area contributed by atoms with Crippen LogP contribution in [0.25, 0.3) is 0 Å². The standard InChI is InChI=1S/C65H81NO12/c1-49(2)56(39-27-10-8-6-4-5-7-9-11-28-40-58(67)66-50(3)64(70)76-47-55-37-25-16-26-38-55)77-65-63(75-46-54-35-23-15-24-36-54)62(74-45-53-33-21-14-22-34-53)61(73-44-52-31-19-13-20-32-52)57(78-65)48-72-60(69)42-41-59(68)71-43-51-29-17-12-18-30-51/h4-5,12-26,29-38,49-50,56-57,61-63,65H,6-11,27-28,39-48H2,1-3H3,(H,66,67)/b5-4+/t50-,56+,57+,61+,62-,63+,65+/m0/s1. The minimum atomic E-state index is -0.926. The minimum absolute atomic E-state index is 0.118. The first-order valence-corrected chi connectivity index (χ1v) is 27.9. The number of hydrogen-bond donors (Lipinski definition) is 1. The summed E-state index contributed by atoms with van der Waals surface area (Å²) in [5.41, 5.74) is 4.64. The molecule has 5 aromatic rings. The van der Waals surface area contributed by atoms with Gasteiger partial charge in [0.15, 0.2) is 6.29 Å². The lowest BCUT2D eigenvalue weighted by atomic mass is 9.96. The second-order valence-corrected chi connectivity index (χ2v) is 20.2. The molecule has 13 heteroatoms. The van der Waals surface area contributed by atoms with Gasteiger partial charge in [-0.15, -0.1) is 0 Å². The molecule has 1 saturated heterocycles. The van der Waals surface area contributed by atoms with Gasteiger partial charge in [-0.2, -0.15) is 0 Å². The number of rotatable bonds is 35. The van der Waals surface area contributed by atoms with Crippen LogP contribution < -0.4 is 5.32 Å². The fourth-order valence-electron chi connectivity index (χ4n) is 8.95. The van der Waals surface area contributed by atoms with Gasteiger partial charge in [-0.3, -0.25) is 14.4 Å². The minimum Gasteiger partial charge on any atom is -0.463 e. The number of amides is 1. The number of esters is 3. The van der Waals surface area contributed by atoms with E-state index in [-0.39, 0.29) is 70.4 Å².